The van der Waals surface area contributed by atoms with Crippen LogP contribution in [0.4, 0.5) is 8.78 Å². The molecule has 1 heterocycles. The number of amides is 1. The molecule has 16 heavy (non-hydrogen) atoms. The Labute approximate surface area is 91.8 Å². The van der Waals surface area contributed by atoms with Crippen molar-refractivity contribution in [2.45, 2.75) is 6.43 Å². The summed E-state index contributed by atoms with van der Waals surface area (Å²) in [5.74, 6) is -0.0944. The Balaban J connectivity index is 2.75. The van der Waals surface area contributed by atoms with Gasteiger partial charge in [-0.2, -0.15) is 0 Å². The fourth-order valence-electron chi connectivity index (χ4n) is 1.01. The molecule has 0 unspecified atom stereocenters. The molecule has 1 rings (SSSR count). The predicted octanol–water partition coefficient (Wildman–Crippen LogP) is 1.43. The molecule has 0 bridgehead atoms. The van der Waals surface area contributed by atoms with Gasteiger partial charge >= 0.3 is 0 Å². The van der Waals surface area contributed by atoms with E-state index in [0.717, 1.165) is 0 Å². The Hall–Kier alpha value is -1.72. The van der Waals surface area contributed by atoms with Crippen LogP contribution in [-0.2, 0) is 0 Å². The van der Waals surface area contributed by atoms with Crippen LogP contribution in [0.2, 0.25) is 0 Å². The molecule has 0 atom stereocenters. The molecule has 0 saturated heterocycles. The third-order valence-electron chi connectivity index (χ3n) is 1.73. The first-order valence-corrected chi connectivity index (χ1v) is 4.59. The second-order valence-corrected chi connectivity index (χ2v) is 3.28. The van der Waals surface area contributed by atoms with E-state index in [1.807, 2.05) is 0 Å². The maximum Gasteiger partial charge on any atom is 0.272 e. The first-order chi connectivity index (χ1) is 7.50. The number of rotatable bonds is 4. The Kier molecular flexibility index (Phi) is 4.16. The summed E-state index contributed by atoms with van der Waals surface area (Å²) in [5.41, 5.74) is 0.164. The van der Waals surface area contributed by atoms with Gasteiger partial charge in [-0.1, -0.05) is 0 Å². The molecule has 6 heteroatoms. The summed E-state index contributed by atoms with van der Waals surface area (Å²) in [6.07, 6.45) is -1.20. The molecule has 0 N–H and O–H groups in total. The van der Waals surface area contributed by atoms with Crippen molar-refractivity contribution in [2.24, 2.45) is 0 Å². The van der Waals surface area contributed by atoms with Crippen LogP contribution in [0.15, 0.2) is 18.3 Å². The molecule has 0 saturated carbocycles. The normalized spacial score (nSPS) is 10.3. The summed E-state index contributed by atoms with van der Waals surface area (Å²) in [5, 5.41) is 0. The molecule has 1 aromatic rings. The van der Waals surface area contributed by atoms with Crippen molar-refractivity contribution in [3.8, 4) is 5.75 Å². The van der Waals surface area contributed by atoms with E-state index < -0.39 is 13.0 Å². The lowest BCUT2D eigenvalue weighted by molar-refractivity contribution is 0.0805. The van der Waals surface area contributed by atoms with E-state index >= 15 is 0 Å². The van der Waals surface area contributed by atoms with Crippen LogP contribution in [-0.4, -0.2) is 42.9 Å². The molecular formula is C10H12F2N2O2. The summed E-state index contributed by atoms with van der Waals surface area (Å²) in [7, 11) is 3.16. The Bertz CT molecular complexity index is 370. The van der Waals surface area contributed by atoms with E-state index in [0.29, 0.717) is 0 Å². The van der Waals surface area contributed by atoms with Gasteiger partial charge in [-0.15, -0.1) is 0 Å². The van der Waals surface area contributed by atoms with Crippen molar-refractivity contribution < 1.29 is 18.3 Å². The number of ether oxygens (including phenoxy) is 1. The summed E-state index contributed by atoms with van der Waals surface area (Å²) in [4.78, 5) is 16.7. The van der Waals surface area contributed by atoms with Crippen molar-refractivity contribution in [1.82, 2.24) is 9.88 Å². The zero-order valence-corrected chi connectivity index (χ0v) is 8.98. The van der Waals surface area contributed by atoms with E-state index in [9.17, 15) is 13.6 Å². The average molecular weight is 230 g/mol. The lowest BCUT2D eigenvalue weighted by atomic mass is 10.3. The first kappa shape index (κ1) is 12.4. The van der Waals surface area contributed by atoms with Crippen molar-refractivity contribution >= 4 is 5.91 Å². The van der Waals surface area contributed by atoms with Gasteiger partial charge in [0.1, 0.15) is 18.1 Å². The number of carbonyl (C=O) groups excluding carboxylic acids is 1. The largest absolute Gasteiger partial charge is 0.488 e. The Morgan fingerprint density at radius 3 is 2.81 bits per heavy atom. The van der Waals surface area contributed by atoms with Crippen molar-refractivity contribution in [1.29, 1.82) is 0 Å². The lowest BCUT2D eigenvalue weighted by Gasteiger charge is -2.10. The van der Waals surface area contributed by atoms with E-state index in [1.165, 1.54) is 23.2 Å². The van der Waals surface area contributed by atoms with E-state index in [2.05, 4.69) is 4.98 Å². The number of hydrogen-bond acceptors (Lipinski definition) is 3. The van der Waals surface area contributed by atoms with Crippen molar-refractivity contribution in [2.75, 3.05) is 20.7 Å². The summed E-state index contributed by atoms with van der Waals surface area (Å²) in [6, 6.07) is 2.76. The Morgan fingerprint density at radius 1 is 1.56 bits per heavy atom. The maximum atomic E-state index is 11.9. The maximum absolute atomic E-state index is 11.9. The molecule has 4 nitrogen and oxygen atoms in total. The quantitative estimate of drug-likeness (QED) is 0.785. The fraction of sp³-hybridized carbons (Fsp3) is 0.400. The van der Waals surface area contributed by atoms with Gasteiger partial charge in [0, 0.05) is 26.4 Å². The fourth-order valence-corrected chi connectivity index (χ4v) is 1.01. The predicted molar refractivity (Wildman–Crippen MR) is 53.8 cm³/mol. The van der Waals surface area contributed by atoms with Crippen LogP contribution < -0.4 is 4.74 Å². The third-order valence-corrected chi connectivity index (χ3v) is 1.73. The van der Waals surface area contributed by atoms with Crippen molar-refractivity contribution in [3.05, 3.63) is 24.0 Å². The highest BCUT2D eigenvalue weighted by Gasteiger charge is 2.11. The van der Waals surface area contributed by atoms with Crippen molar-refractivity contribution in [3.63, 3.8) is 0 Å². The van der Waals surface area contributed by atoms with E-state index in [1.54, 1.807) is 14.1 Å². The second kappa shape index (κ2) is 5.39. The minimum atomic E-state index is -2.54. The summed E-state index contributed by atoms with van der Waals surface area (Å²) in [6.45, 7) is -0.695. The number of nitrogens with zero attached hydrogens (tertiary/aromatic N) is 2. The van der Waals surface area contributed by atoms with Gasteiger partial charge in [-0.05, 0) is 6.07 Å². The number of carbonyl (C=O) groups is 1. The zero-order chi connectivity index (χ0) is 12.1. The minimum absolute atomic E-state index is 0.164. The van der Waals surface area contributed by atoms with E-state index in [4.69, 9.17) is 4.74 Å². The van der Waals surface area contributed by atoms with Gasteiger partial charge in [0.15, 0.2) is 0 Å². The summed E-state index contributed by atoms with van der Waals surface area (Å²) >= 11 is 0. The van der Waals surface area contributed by atoms with Gasteiger partial charge in [0.05, 0.1) is 0 Å². The van der Waals surface area contributed by atoms with E-state index in [-0.39, 0.29) is 17.4 Å². The molecule has 0 fully saturated rings. The van der Waals surface area contributed by atoms with Gasteiger partial charge in [0.25, 0.3) is 12.3 Å². The third kappa shape index (κ3) is 3.45. The van der Waals surface area contributed by atoms with Crippen LogP contribution in [0.3, 0.4) is 0 Å². The van der Waals surface area contributed by atoms with Crippen LogP contribution in [0.25, 0.3) is 0 Å². The monoisotopic (exact) mass is 230 g/mol. The highest BCUT2D eigenvalue weighted by molar-refractivity contribution is 5.92. The standard InChI is InChI=1S/C10H12F2N2O2/c1-14(2)10(15)8-5-7(3-4-13-8)16-6-9(11)12/h3-5,9H,6H2,1-2H3. The molecule has 1 aromatic heterocycles. The van der Waals surface area contributed by atoms with Gasteiger partial charge < -0.3 is 9.64 Å². The van der Waals surface area contributed by atoms with Crippen LogP contribution in [0.5, 0.6) is 5.75 Å². The number of hydrogen-bond donors (Lipinski definition) is 0. The molecule has 0 aliphatic rings. The first-order valence-electron chi connectivity index (χ1n) is 4.59. The second-order valence-electron chi connectivity index (χ2n) is 3.28. The molecule has 0 aromatic carbocycles. The number of aromatic nitrogens is 1. The topological polar surface area (TPSA) is 42.4 Å². The molecule has 1 amide bonds. The van der Waals surface area contributed by atoms with Gasteiger partial charge in [0.2, 0.25) is 0 Å². The molecular weight excluding hydrogens is 218 g/mol. The minimum Gasteiger partial charge on any atom is -0.488 e. The number of pyridine rings is 1. The van der Waals surface area contributed by atoms with Crippen LogP contribution in [0.1, 0.15) is 10.5 Å². The molecule has 0 spiro atoms. The van der Waals surface area contributed by atoms with Crippen LogP contribution in [0, 0.1) is 0 Å². The highest BCUT2D eigenvalue weighted by Crippen LogP contribution is 2.12. The molecule has 88 valence electrons. The smallest absolute Gasteiger partial charge is 0.272 e. The van der Waals surface area contributed by atoms with Gasteiger partial charge in [-0.25, -0.2) is 8.78 Å². The highest BCUT2D eigenvalue weighted by atomic mass is 19.3. The average Bonchev–Trinajstić information content (AvgIpc) is 2.25. The SMILES string of the molecule is CN(C)C(=O)c1cc(OCC(F)F)ccn1. The zero-order valence-electron chi connectivity index (χ0n) is 8.98. The Morgan fingerprint density at radius 2 is 2.25 bits per heavy atom. The molecule has 0 aliphatic carbocycles. The molecule has 0 aliphatic heterocycles. The van der Waals surface area contributed by atoms with Gasteiger partial charge in [-0.3, -0.25) is 9.78 Å². The number of halogens is 2. The van der Waals surface area contributed by atoms with Crippen LogP contribution >= 0.6 is 0 Å². The molecule has 0 radical (unpaired) electrons. The lowest BCUT2D eigenvalue weighted by Crippen LogP contribution is -2.22. The summed E-state index contributed by atoms with van der Waals surface area (Å²) < 4.78 is 28.6. The number of alkyl halides is 2.